The number of hydrogen-bond donors (Lipinski definition) is 2. The van der Waals surface area contributed by atoms with Crippen LogP contribution in [0, 0.1) is 0 Å². The van der Waals surface area contributed by atoms with Crippen molar-refractivity contribution in [3.05, 3.63) is 29.8 Å². The molecule has 7 heteroatoms. The molecule has 5 nitrogen and oxygen atoms in total. The highest BCUT2D eigenvalue weighted by molar-refractivity contribution is 7.98. The highest BCUT2D eigenvalue weighted by Gasteiger charge is 2.18. The Kier molecular flexibility index (Phi) is 7.21. The van der Waals surface area contributed by atoms with Crippen molar-refractivity contribution in [3.8, 4) is 0 Å². The molecule has 0 aliphatic carbocycles. The van der Waals surface area contributed by atoms with Gasteiger partial charge in [-0.25, -0.2) is 13.1 Å². The van der Waals surface area contributed by atoms with Crippen LogP contribution in [0.3, 0.4) is 0 Å². The average molecular weight is 331 g/mol. The first-order valence-corrected chi connectivity index (χ1v) is 9.58. The molecule has 1 aromatic rings. The summed E-state index contributed by atoms with van der Waals surface area (Å²) in [5, 5.41) is 8.63. The standard InChI is InChI=1S/C14H21NO4S2/c1-3-12(10-20-2)15-21(18,19)13-7-4-11(5-8-13)6-9-14(16)17/h4-5,7-8,12,15H,3,6,9-10H2,1-2H3,(H,16,17). The van der Waals surface area contributed by atoms with E-state index < -0.39 is 16.0 Å². The van der Waals surface area contributed by atoms with Crippen LogP contribution in [-0.2, 0) is 21.2 Å². The summed E-state index contributed by atoms with van der Waals surface area (Å²) < 4.78 is 27.2. The van der Waals surface area contributed by atoms with Crippen LogP contribution >= 0.6 is 11.8 Å². The van der Waals surface area contributed by atoms with Gasteiger partial charge in [0.1, 0.15) is 0 Å². The fraction of sp³-hybridized carbons (Fsp3) is 0.500. The van der Waals surface area contributed by atoms with Crippen molar-refractivity contribution in [1.29, 1.82) is 0 Å². The van der Waals surface area contributed by atoms with Gasteiger partial charge < -0.3 is 5.11 Å². The van der Waals surface area contributed by atoms with Crippen LogP contribution in [0.25, 0.3) is 0 Å². The Morgan fingerprint density at radius 3 is 2.43 bits per heavy atom. The number of benzene rings is 1. The molecule has 118 valence electrons. The zero-order chi connectivity index (χ0) is 15.9. The molecule has 1 atom stereocenters. The molecule has 0 fully saturated rings. The van der Waals surface area contributed by atoms with Crippen molar-refractivity contribution in [2.24, 2.45) is 0 Å². The lowest BCUT2D eigenvalue weighted by Gasteiger charge is -2.16. The van der Waals surface area contributed by atoms with Crippen molar-refractivity contribution in [1.82, 2.24) is 4.72 Å². The minimum absolute atomic E-state index is 0.0377. The summed E-state index contributed by atoms with van der Waals surface area (Å²) in [5.74, 6) is -0.136. The van der Waals surface area contributed by atoms with E-state index in [-0.39, 0.29) is 17.4 Å². The van der Waals surface area contributed by atoms with Crippen LogP contribution < -0.4 is 4.72 Å². The molecule has 0 saturated heterocycles. The third-order valence-corrected chi connectivity index (χ3v) is 5.32. The van der Waals surface area contributed by atoms with Crippen LogP contribution in [0.1, 0.15) is 25.3 Å². The molecule has 0 radical (unpaired) electrons. The Morgan fingerprint density at radius 2 is 1.95 bits per heavy atom. The molecule has 0 aliphatic rings. The van der Waals surface area contributed by atoms with Crippen molar-refractivity contribution < 1.29 is 18.3 Å². The van der Waals surface area contributed by atoms with Gasteiger partial charge in [-0.1, -0.05) is 19.1 Å². The third-order valence-electron chi connectivity index (χ3n) is 3.04. The number of sulfonamides is 1. The van der Waals surface area contributed by atoms with Crippen LogP contribution in [0.2, 0.25) is 0 Å². The Labute approximate surface area is 130 Å². The van der Waals surface area contributed by atoms with Gasteiger partial charge in [0.2, 0.25) is 10.0 Å². The van der Waals surface area contributed by atoms with Gasteiger partial charge in [0.25, 0.3) is 0 Å². The number of hydrogen-bond acceptors (Lipinski definition) is 4. The van der Waals surface area contributed by atoms with Crippen LogP contribution in [0.5, 0.6) is 0 Å². The molecule has 0 spiro atoms. The van der Waals surface area contributed by atoms with E-state index in [1.54, 1.807) is 23.9 Å². The molecule has 0 aliphatic heterocycles. The normalized spacial score (nSPS) is 13.0. The Hall–Kier alpha value is -1.05. The lowest BCUT2D eigenvalue weighted by molar-refractivity contribution is -0.136. The van der Waals surface area contributed by atoms with Gasteiger partial charge in [0, 0.05) is 18.2 Å². The van der Waals surface area contributed by atoms with E-state index in [9.17, 15) is 13.2 Å². The first-order valence-electron chi connectivity index (χ1n) is 6.71. The topological polar surface area (TPSA) is 83.5 Å². The van der Waals surface area contributed by atoms with Crippen molar-refractivity contribution in [2.75, 3.05) is 12.0 Å². The van der Waals surface area contributed by atoms with E-state index in [0.29, 0.717) is 6.42 Å². The predicted octanol–water partition coefficient (Wildman–Crippen LogP) is 2.12. The number of carboxylic acid groups (broad SMARTS) is 1. The Balaban J connectivity index is 2.77. The number of nitrogens with one attached hydrogen (secondary N) is 1. The summed E-state index contributed by atoms with van der Waals surface area (Å²) in [5.41, 5.74) is 0.813. The Bertz CT molecular complexity index is 555. The van der Waals surface area contributed by atoms with E-state index in [1.807, 2.05) is 13.2 Å². The van der Waals surface area contributed by atoms with Gasteiger partial charge in [-0.3, -0.25) is 4.79 Å². The molecule has 0 bridgehead atoms. The second kappa shape index (κ2) is 8.41. The van der Waals surface area contributed by atoms with E-state index in [1.165, 1.54) is 12.1 Å². The predicted molar refractivity (Wildman–Crippen MR) is 85.2 cm³/mol. The molecule has 21 heavy (non-hydrogen) atoms. The molecule has 0 amide bonds. The lowest BCUT2D eigenvalue weighted by atomic mass is 10.1. The summed E-state index contributed by atoms with van der Waals surface area (Å²) in [6.45, 7) is 1.94. The summed E-state index contributed by atoms with van der Waals surface area (Å²) in [7, 11) is -3.52. The number of carboxylic acids is 1. The fourth-order valence-corrected chi connectivity index (χ4v) is 3.96. The number of thioether (sulfide) groups is 1. The second-order valence-electron chi connectivity index (χ2n) is 4.72. The van der Waals surface area contributed by atoms with Gasteiger partial charge in [0.05, 0.1) is 4.90 Å². The van der Waals surface area contributed by atoms with E-state index >= 15 is 0 Å². The van der Waals surface area contributed by atoms with Crippen LogP contribution in [0.15, 0.2) is 29.2 Å². The molecular formula is C14H21NO4S2. The molecular weight excluding hydrogens is 310 g/mol. The number of rotatable bonds is 9. The zero-order valence-corrected chi connectivity index (χ0v) is 13.8. The van der Waals surface area contributed by atoms with Gasteiger partial charge in [0.15, 0.2) is 0 Å². The van der Waals surface area contributed by atoms with E-state index in [0.717, 1.165) is 17.7 Å². The average Bonchev–Trinajstić information content (AvgIpc) is 2.45. The number of carbonyl (C=O) groups is 1. The zero-order valence-electron chi connectivity index (χ0n) is 12.2. The van der Waals surface area contributed by atoms with E-state index in [4.69, 9.17) is 5.11 Å². The molecule has 1 aromatic carbocycles. The highest BCUT2D eigenvalue weighted by Crippen LogP contribution is 2.14. The minimum atomic E-state index is -3.52. The largest absolute Gasteiger partial charge is 0.481 e. The maximum absolute atomic E-state index is 12.2. The van der Waals surface area contributed by atoms with E-state index in [2.05, 4.69) is 4.72 Å². The molecule has 0 heterocycles. The maximum atomic E-state index is 12.2. The Morgan fingerprint density at radius 1 is 1.33 bits per heavy atom. The first kappa shape index (κ1) is 18.0. The summed E-state index contributed by atoms with van der Waals surface area (Å²) in [6.07, 6.45) is 3.11. The summed E-state index contributed by atoms with van der Waals surface area (Å²) >= 11 is 1.60. The minimum Gasteiger partial charge on any atom is -0.481 e. The molecule has 0 saturated carbocycles. The molecule has 0 aromatic heterocycles. The van der Waals surface area contributed by atoms with Crippen LogP contribution in [0.4, 0.5) is 0 Å². The van der Waals surface area contributed by atoms with Gasteiger partial charge in [-0.05, 0) is 36.8 Å². The molecule has 1 unspecified atom stereocenters. The van der Waals surface area contributed by atoms with Gasteiger partial charge in [-0.15, -0.1) is 0 Å². The second-order valence-corrected chi connectivity index (χ2v) is 7.34. The van der Waals surface area contributed by atoms with Crippen molar-refractivity contribution >= 4 is 27.8 Å². The monoisotopic (exact) mass is 331 g/mol. The fourth-order valence-electron chi connectivity index (χ4n) is 1.81. The number of aryl methyl sites for hydroxylation is 1. The molecule has 1 rings (SSSR count). The van der Waals surface area contributed by atoms with Gasteiger partial charge in [-0.2, -0.15) is 11.8 Å². The van der Waals surface area contributed by atoms with Crippen molar-refractivity contribution in [2.45, 2.75) is 37.1 Å². The highest BCUT2D eigenvalue weighted by atomic mass is 32.2. The van der Waals surface area contributed by atoms with Crippen molar-refractivity contribution in [3.63, 3.8) is 0 Å². The lowest BCUT2D eigenvalue weighted by Crippen LogP contribution is -2.36. The quantitative estimate of drug-likeness (QED) is 0.724. The van der Waals surface area contributed by atoms with Gasteiger partial charge >= 0.3 is 5.97 Å². The third kappa shape index (κ3) is 6.07. The number of aliphatic carboxylic acids is 1. The maximum Gasteiger partial charge on any atom is 0.303 e. The first-order chi connectivity index (χ1) is 9.89. The van der Waals surface area contributed by atoms with Crippen LogP contribution in [-0.4, -0.2) is 37.5 Å². The SMILES string of the molecule is CCC(CSC)NS(=O)(=O)c1ccc(CCC(=O)O)cc1. The smallest absolute Gasteiger partial charge is 0.303 e. The summed E-state index contributed by atoms with van der Waals surface area (Å²) in [6, 6.07) is 6.27. The molecule has 2 N–H and O–H groups in total. The summed E-state index contributed by atoms with van der Waals surface area (Å²) in [4.78, 5) is 10.7.